The van der Waals surface area contributed by atoms with E-state index in [1.165, 1.54) is 0 Å². The van der Waals surface area contributed by atoms with Gasteiger partial charge >= 0.3 is 0 Å². The van der Waals surface area contributed by atoms with E-state index in [0.29, 0.717) is 5.92 Å². The van der Waals surface area contributed by atoms with E-state index in [1.54, 1.807) is 4.90 Å². The average Bonchev–Trinajstić information content (AvgIpc) is 2.88. The van der Waals surface area contributed by atoms with Crippen molar-refractivity contribution < 1.29 is 9.59 Å². The van der Waals surface area contributed by atoms with Gasteiger partial charge in [-0.3, -0.25) is 9.59 Å². The molecule has 0 aromatic rings. The van der Waals surface area contributed by atoms with E-state index in [9.17, 15) is 9.59 Å². The second kappa shape index (κ2) is 2.72. The molecule has 0 aromatic heterocycles. The Morgan fingerprint density at radius 3 is 2.71 bits per heavy atom. The summed E-state index contributed by atoms with van der Waals surface area (Å²) in [5.41, 5.74) is 0. The van der Waals surface area contributed by atoms with Gasteiger partial charge < -0.3 is 10.2 Å². The molecule has 0 radical (unpaired) electrons. The van der Waals surface area contributed by atoms with Gasteiger partial charge in [0.05, 0.1) is 0 Å². The van der Waals surface area contributed by atoms with E-state index in [4.69, 9.17) is 0 Å². The van der Waals surface area contributed by atoms with Crippen LogP contribution in [0, 0.1) is 5.92 Å². The van der Waals surface area contributed by atoms with Crippen molar-refractivity contribution in [2.45, 2.75) is 37.8 Å². The molecule has 2 unspecified atom stereocenters. The van der Waals surface area contributed by atoms with Gasteiger partial charge in [-0.25, -0.2) is 0 Å². The summed E-state index contributed by atoms with van der Waals surface area (Å²) < 4.78 is 0. The molecule has 4 heteroatoms. The maximum absolute atomic E-state index is 11.9. The molecule has 3 rings (SSSR count). The van der Waals surface area contributed by atoms with Gasteiger partial charge in [-0.2, -0.15) is 0 Å². The molecule has 2 amide bonds. The highest BCUT2D eigenvalue weighted by atomic mass is 16.2. The van der Waals surface area contributed by atoms with E-state index in [0.717, 1.165) is 32.2 Å². The van der Waals surface area contributed by atoms with Gasteiger partial charge in [-0.1, -0.05) is 0 Å². The monoisotopic (exact) mass is 194 g/mol. The Morgan fingerprint density at radius 1 is 1.21 bits per heavy atom. The predicted octanol–water partition coefficient (Wildman–Crippen LogP) is -0.114. The van der Waals surface area contributed by atoms with Crippen LogP contribution in [0.1, 0.15) is 25.7 Å². The molecule has 2 atom stereocenters. The third-order valence-corrected chi connectivity index (χ3v) is 3.50. The van der Waals surface area contributed by atoms with Crippen molar-refractivity contribution in [2.24, 2.45) is 5.92 Å². The third kappa shape index (κ3) is 1.06. The van der Waals surface area contributed by atoms with Crippen molar-refractivity contribution >= 4 is 11.8 Å². The fourth-order valence-corrected chi connectivity index (χ4v) is 2.54. The van der Waals surface area contributed by atoms with Gasteiger partial charge in [0.15, 0.2) is 0 Å². The lowest BCUT2D eigenvalue weighted by Gasteiger charge is -2.34. The van der Waals surface area contributed by atoms with Crippen LogP contribution < -0.4 is 5.32 Å². The Labute approximate surface area is 82.6 Å². The average molecular weight is 194 g/mol. The molecule has 1 aliphatic carbocycles. The van der Waals surface area contributed by atoms with Gasteiger partial charge in [0, 0.05) is 6.54 Å². The Balaban J connectivity index is 1.85. The van der Waals surface area contributed by atoms with Crippen LogP contribution in [0.15, 0.2) is 0 Å². The van der Waals surface area contributed by atoms with Crippen LogP contribution in [-0.2, 0) is 9.59 Å². The lowest BCUT2D eigenvalue weighted by atomic mass is 10.1. The highest BCUT2D eigenvalue weighted by Gasteiger charge is 2.48. The molecule has 4 nitrogen and oxygen atoms in total. The largest absolute Gasteiger partial charge is 0.342 e. The van der Waals surface area contributed by atoms with E-state index < -0.39 is 0 Å². The lowest BCUT2D eigenvalue weighted by molar-refractivity contribution is -0.147. The lowest BCUT2D eigenvalue weighted by Crippen LogP contribution is -2.61. The van der Waals surface area contributed by atoms with Gasteiger partial charge in [-0.05, 0) is 31.6 Å². The van der Waals surface area contributed by atoms with E-state index in [1.807, 2.05) is 0 Å². The maximum Gasteiger partial charge on any atom is 0.246 e. The first-order valence-corrected chi connectivity index (χ1v) is 5.38. The molecule has 1 N–H and O–H groups in total. The minimum absolute atomic E-state index is 0.0685. The first kappa shape index (κ1) is 8.26. The molecule has 14 heavy (non-hydrogen) atoms. The van der Waals surface area contributed by atoms with Gasteiger partial charge in [0.2, 0.25) is 11.8 Å². The van der Waals surface area contributed by atoms with Crippen LogP contribution in [0.4, 0.5) is 0 Å². The number of amides is 2. The van der Waals surface area contributed by atoms with Crippen LogP contribution in [0.5, 0.6) is 0 Å². The Bertz CT molecular complexity index is 294. The van der Waals surface area contributed by atoms with Crippen LogP contribution in [0.2, 0.25) is 0 Å². The number of carbonyl (C=O) groups is 2. The summed E-state index contributed by atoms with van der Waals surface area (Å²) in [5, 5.41) is 2.87. The summed E-state index contributed by atoms with van der Waals surface area (Å²) in [6, 6.07) is -0.352. The first-order chi connectivity index (χ1) is 6.77. The molecule has 3 fully saturated rings. The standard InChI is InChI=1S/C10H14N2O2/c13-9-7-2-1-5-12(7)10(14)8(11-9)6-3-4-6/h6-8H,1-5H2,(H,11,13). The zero-order valence-electron chi connectivity index (χ0n) is 8.03. The molecular weight excluding hydrogens is 180 g/mol. The van der Waals surface area contributed by atoms with Crippen molar-refractivity contribution in [1.29, 1.82) is 0 Å². The molecule has 2 aliphatic heterocycles. The number of hydrogen-bond acceptors (Lipinski definition) is 2. The van der Waals surface area contributed by atoms with Crippen molar-refractivity contribution in [3.8, 4) is 0 Å². The number of rotatable bonds is 1. The number of nitrogens with zero attached hydrogens (tertiary/aromatic N) is 1. The molecular formula is C10H14N2O2. The van der Waals surface area contributed by atoms with E-state index >= 15 is 0 Å². The minimum atomic E-state index is -0.197. The van der Waals surface area contributed by atoms with Gasteiger partial charge in [-0.15, -0.1) is 0 Å². The molecule has 0 aromatic carbocycles. The smallest absolute Gasteiger partial charge is 0.246 e. The van der Waals surface area contributed by atoms with E-state index in [2.05, 4.69) is 5.32 Å². The molecule has 0 bridgehead atoms. The summed E-state index contributed by atoms with van der Waals surface area (Å²) in [6.45, 7) is 0.778. The van der Waals surface area contributed by atoms with Crippen LogP contribution in [-0.4, -0.2) is 35.3 Å². The summed E-state index contributed by atoms with van der Waals surface area (Å²) in [4.78, 5) is 25.4. The van der Waals surface area contributed by atoms with Crippen molar-refractivity contribution in [2.75, 3.05) is 6.54 Å². The number of piperazine rings is 1. The quantitative estimate of drug-likeness (QED) is 0.633. The summed E-state index contributed by atoms with van der Waals surface area (Å²) in [6.07, 6.45) is 4.00. The Morgan fingerprint density at radius 2 is 2.00 bits per heavy atom. The van der Waals surface area contributed by atoms with Crippen molar-refractivity contribution in [3.05, 3.63) is 0 Å². The fraction of sp³-hybridized carbons (Fsp3) is 0.800. The van der Waals surface area contributed by atoms with Crippen LogP contribution in [0.25, 0.3) is 0 Å². The first-order valence-electron chi connectivity index (χ1n) is 5.38. The van der Waals surface area contributed by atoms with Crippen molar-refractivity contribution in [3.63, 3.8) is 0 Å². The van der Waals surface area contributed by atoms with Crippen molar-refractivity contribution in [1.82, 2.24) is 10.2 Å². The molecule has 2 heterocycles. The Hall–Kier alpha value is -1.06. The zero-order chi connectivity index (χ0) is 9.71. The van der Waals surface area contributed by atoms with Crippen LogP contribution >= 0.6 is 0 Å². The molecule has 0 spiro atoms. The molecule has 76 valence electrons. The van der Waals surface area contributed by atoms with Gasteiger partial charge in [0.1, 0.15) is 12.1 Å². The van der Waals surface area contributed by atoms with Gasteiger partial charge in [0.25, 0.3) is 0 Å². The highest BCUT2D eigenvalue weighted by Crippen LogP contribution is 2.36. The van der Waals surface area contributed by atoms with E-state index in [-0.39, 0.29) is 23.9 Å². The minimum Gasteiger partial charge on any atom is -0.342 e. The third-order valence-electron chi connectivity index (χ3n) is 3.50. The number of fused-ring (bicyclic) bond motifs is 1. The topological polar surface area (TPSA) is 49.4 Å². The molecule has 3 aliphatic rings. The Kier molecular flexibility index (Phi) is 1.60. The second-order valence-electron chi connectivity index (χ2n) is 4.51. The maximum atomic E-state index is 11.9. The molecule has 1 saturated carbocycles. The summed E-state index contributed by atoms with van der Waals surface area (Å²) >= 11 is 0. The predicted molar refractivity (Wildman–Crippen MR) is 49.4 cm³/mol. The molecule has 2 saturated heterocycles. The fourth-order valence-electron chi connectivity index (χ4n) is 2.54. The zero-order valence-corrected chi connectivity index (χ0v) is 8.03. The number of carbonyl (C=O) groups excluding carboxylic acids is 2. The summed E-state index contributed by atoms with van der Waals surface area (Å²) in [7, 11) is 0. The van der Waals surface area contributed by atoms with Crippen LogP contribution in [0.3, 0.4) is 0 Å². The summed E-state index contributed by atoms with van der Waals surface area (Å²) in [5.74, 6) is 0.654. The highest BCUT2D eigenvalue weighted by molar-refractivity contribution is 5.97. The number of nitrogens with one attached hydrogen (secondary N) is 1. The normalized spacial score (nSPS) is 37.0. The SMILES string of the molecule is O=C1NC(C2CC2)C(=O)N2CCCC12. The number of hydrogen-bond donors (Lipinski definition) is 1. The second-order valence-corrected chi connectivity index (χ2v) is 4.51.